The second-order valence-corrected chi connectivity index (χ2v) is 9.64. The van der Waals surface area contributed by atoms with E-state index in [1.807, 2.05) is 0 Å². The normalized spacial score (nSPS) is 21.3. The van der Waals surface area contributed by atoms with Crippen LogP contribution >= 0.6 is 12.2 Å². The summed E-state index contributed by atoms with van der Waals surface area (Å²) >= 11 is 5.49. The zero-order chi connectivity index (χ0) is 22.5. The first-order chi connectivity index (χ1) is 15.5. The van der Waals surface area contributed by atoms with E-state index in [1.165, 1.54) is 37.8 Å². The van der Waals surface area contributed by atoms with Crippen LogP contribution in [0.25, 0.3) is 0 Å². The number of rotatable bonds is 5. The van der Waals surface area contributed by atoms with E-state index in [0.717, 1.165) is 43.4 Å². The monoisotopic (exact) mass is 456 g/mol. The van der Waals surface area contributed by atoms with Crippen molar-refractivity contribution in [2.45, 2.75) is 46.1 Å². The minimum atomic E-state index is -0.244. The first-order valence-electron chi connectivity index (χ1n) is 11.6. The number of benzene rings is 1. The lowest BCUT2D eigenvalue weighted by Gasteiger charge is -2.35. The van der Waals surface area contributed by atoms with Gasteiger partial charge in [-0.25, -0.2) is 4.39 Å². The van der Waals surface area contributed by atoms with Crippen LogP contribution in [-0.4, -0.2) is 41.3 Å². The molecule has 2 saturated heterocycles. The molecule has 0 saturated carbocycles. The Hall–Kier alpha value is -2.48. The van der Waals surface area contributed by atoms with Gasteiger partial charge < -0.3 is 20.4 Å². The molecule has 2 atom stereocenters. The molecule has 1 aromatic carbocycles. The molecule has 0 spiro atoms. The van der Waals surface area contributed by atoms with E-state index in [4.69, 9.17) is 22.2 Å². The Bertz CT molecular complexity index is 881. The predicted octanol–water partition coefficient (Wildman–Crippen LogP) is 4.57. The third-order valence-corrected chi connectivity index (χ3v) is 6.50. The minimum Gasteiger partial charge on any atom is -0.358 e. The van der Waals surface area contributed by atoms with Gasteiger partial charge in [0.1, 0.15) is 17.5 Å². The number of nitrogens with one attached hydrogen (secondary N) is 2. The number of hydrogen-bond acceptors (Lipinski definition) is 5. The third kappa shape index (κ3) is 6.06. The lowest BCUT2D eigenvalue weighted by Crippen LogP contribution is -2.37. The average Bonchev–Trinajstić information content (AvgIpc) is 2.78. The molecular formula is C24H33FN6S. The minimum absolute atomic E-state index is 0.244. The van der Waals surface area contributed by atoms with Crippen molar-refractivity contribution in [3.63, 3.8) is 0 Å². The maximum absolute atomic E-state index is 13.1. The fourth-order valence-electron chi connectivity index (χ4n) is 4.53. The quantitative estimate of drug-likeness (QED) is 0.639. The summed E-state index contributed by atoms with van der Waals surface area (Å²) in [6.45, 7) is 9.17. The smallest absolute Gasteiger partial charge is 0.232 e. The molecule has 32 heavy (non-hydrogen) atoms. The summed E-state index contributed by atoms with van der Waals surface area (Å²) in [6.07, 6.45) is 4.89. The highest BCUT2D eigenvalue weighted by atomic mass is 32.1. The zero-order valence-corrected chi connectivity index (χ0v) is 19.8. The van der Waals surface area contributed by atoms with Gasteiger partial charge in [0.15, 0.2) is 5.11 Å². The zero-order valence-electron chi connectivity index (χ0n) is 19.0. The van der Waals surface area contributed by atoms with Crippen molar-refractivity contribution in [1.29, 1.82) is 0 Å². The molecular weight excluding hydrogens is 423 g/mol. The molecule has 0 radical (unpaired) electrons. The van der Waals surface area contributed by atoms with Crippen LogP contribution in [0.1, 0.15) is 45.1 Å². The molecule has 172 valence electrons. The molecule has 8 heteroatoms. The Morgan fingerprint density at radius 3 is 2.09 bits per heavy atom. The van der Waals surface area contributed by atoms with E-state index in [1.54, 1.807) is 12.1 Å². The van der Waals surface area contributed by atoms with Crippen molar-refractivity contribution in [1.82, 2.24) is 15.3 Å². The van der Waals surface area contributed by atoms with Crippen molar-refractivity contribution < 1.29 is 4.39 Å². The van der Waals surface area contributed by atoms with Gasteiger partial charge in [0, 0.05) is 38.8 Å². The maximum atomic E-state index is 13.1. The van der Waals surface area contributed by atoms with Crippen LogP contribution in [0.3, 0.4) is 0 Å². The Balaban J connectivity index is 1.50. The number of anilines is 3. The second-order valence-electron chi connectivity index (χ2n) is 9.23. The van der Waals surface area contributed by atoms with E-state index in [-0.39, 0.29) is 5.82 Å². The number of hydrogen-bond donors (Lipinski definition) is 2. The standard InChI is InChI=1S/C24H33FN6S/c1-17-5-3-11-30(15-17)21-13-22(31-12-4-6-18(2)16-31)28-23(27-21)29-24(32)26-14-19-7-9-20(25)10-8-19/h7-10,13,17-18H,3-6,11-12,14-16H2,1-2H3,(H2,26,27,28,29,32)/t17-,18-/m0/s1. The van der Waals surface area contributed by atoms with Gasteiger partial charge in [-0.1, -0.05) is 26.0 Å². The fraction of sp³-hybridized carbons (Fsp3) is 0.542. The van der Waals surface area contributed by atoms with Crippen molar-refractivity contribution in [2.75, 3.05) is 41.3 Å². The lowest BCUT2D eigenvalue weighted by molar-refractivity contribution is 0.441. The molecule has 0 unspecified atom stereocenters. The first-order valence-corrected chi connectivity index (χ1v) is 12.1. The molecule has 1 aromatic heterocycles. The van der Waals surface area contributed by atoms with Gasteiger partial charge in [-0.05, 0) is 67.4 Å². The predicted molar refractivity (Wildman–Crippen MR) is 133 cm³/mol. The number of nitrogens with zero attached hydrogens (tertiary/aromatic N) is 4. The first kappa shape index (κ1) is 22.7. The van der Waals surface area contributed by atoms with Crippen LogP contribution in [0.4, 0.5) is 22.0 Å². The van der Waals surface area contributed by atoms with E-state index in [0.29, 0.717) is 29.4 Å². The van der Waals surface area contributed by atoms with Crippen LogP contribution in [0.5, 0.6) is 0 Å². The van der Waals surface area contributed by atoms with Gasteiger partial charge in [0.05, 0.1) is 0 Å². The third-order valence-electron chi connectivity index (χ3n) is 6.25. The molecule has 4 rings (SSSR count). The highest BCUT2D eigenvalue weighted by molar-refractivity contribution is 7.80. The second kappa shape index (κ2) is 10.4. The SMILES string of the molecule is C[C@H]1CCCN(c2cc(N3CCC[C@H](C)C3)nc(NC(=S)NCc3ccc(F)cc3)n2)C1. The summed E-state index contributed by atoms with van der Waals surface area (Å²) in [7, 11) is 0. The van der Waals surface area contributed by atoms with Gasteiger partial charge in [0.2, 0.25) is 5.95 Å². The summed E-state index contributed by atoms with van der Waals surface area (Å²) in [5, 5.41) is 6.80. The molecule has 2 N–H and O–H groups in total. The van der Waals surface area contributed by atoms with Gasteiger partial charge in [-0.3, -0.25) is 0 Å². The van der Waals surface area contributed by atoms with Crippen molar-refractivity contribution in [3.05, 3.63) is 41.7 Å². The van der Waals surface area contributed by atoms with Gasteiger partial charge in [-0.2, -0.15) is 9.97 Å². The van der Waals surface area contributed by atoms with E-state index < -0.39 is 0 Å². The van der Waals surface area contributed by atoms with Crippen molar-refractivity contribution in [2.24, 2.45) is 11.8 Å². The average molecular weight is 457 g/mol. The highest BCUT2D eigenvalue weighted by Gasteiger charge is 2.23. The summed E-state index contributed by atoms with van der Waals surface area (Å²) in [5.74, 6) is 3.52. The van der Waals surface area contributed by atoms with Crippen molar-refractivity contribution in [3.8, 4) is 0 Å². The Morgan fingerprint density at radius 1 is 1.00 bits per heavy atom. The molecule has 2 aromatic rings. The van der Waals surface area contributed by atoms with Crippen LogP contribution in [0.2, 0.25) is 0 Å². The number of aromatic nitrogens is 2. The molecule has 6 nitrogen and oxygen atoms in total. The van der Waals surface area contributed by atoms with Crippen LogP contribution in [0, 0.1) is 17.7 Å². The molecule has 2 fully saturated rings. The van der Waals surface area contributed by atoms with Crippen LogP contribution in [-0.2, 0) is 6.54 Å². The fourth-order valence-corrected chi connectivity index (χ4v) is 4.69. The number of thiocarbonyl (C=S) groups is 1. The molecule has 0 bridgehead atoms. The number of halogens is 1. The van der Waals surface area contributed by atoms with E-state index >= 15 is 0 Å². The Labute approximate surface area is 195 Å². The van der Waals surface area contributed by atoms with E-state index in [2.05, 4.69) is 40.3 Å². The Morgan fingerprint density at radius 2 is 1.56 bits per heavy atom. The summed E-state index contributed by atoms with van der Waals surface area (Å²) in [6, 6.07) is 8.53. The number of piperidine rings is 2. The summed E-state index contributed by atoms with van der Waals surface area (Å²) < 4.78 is 13.1. The largest absolute Gasteiger partial charge is 0.358 e. The molecule has 0 aliphatic carbocycles. The Kier molecular flexibility index (Phi) is 7.40. The summed E-state index contributed by atoms with van der Waals surface area (Å²) in [5.41, 5.74) is 0.954. The summed E-state index contributed by atoms with van der Waals surface area (Å²) in [4.78, 5) is 14.4. The molecule has 3 heterocycles. The molecule has 0 amide bonds. The lowest BCUT2D eigenvalue weighted by atomic mass is 10.00. The van der Waals surface area contributed by atoms with E-state index in [9.17, 15) is 4.39 Å². The molecule has 2 aliphatic rings. The maximum Gasteiger partial charge on any atom is 0.232 e. The van der Waals surface area contributed by atoms with Gasteiger partial charge in [-0.15, -0.1) is 0 Å². The van der Waals surface area contributed by atoms with Crippen LogP contribution in [0.15, 0.2) is 30.3 Å². The van der Waals surface area contributed by atoms with Crippen molar-refractivity contribution >= 4 is 34.9 Å². The van der Waals surface area contributed by atoms with Gasteiger partial charge in [0.25, 0.3) is 0 Å². The topological polar surface area (TPSA) is 56.3 Å². The van der Waals surface area contributed by atoms with Crippen LogP contribution < -0.4 is 20.4 Å². The van der Waals surface area contributed by atoms with Gasteiger partial charge >= 0.3 is 0 Å². The molecule has 2 aliphatic heterocycles. The highest BCUT2D eigenvalue weighted by Crippen LogP contribution is 2.28.